The molecule has 1 aromatic heterocycles. The highest BCUT2D eigenvalue weighted by Gasteiger charge is 2.17. The predicted octanol–water partition coefficient (Wildman–Crippen LogP) is 2.35. The summed E-state index contributed by atoms with van der Waals surface area (Å²) >= 11 is 3.16. The first kappa shape index (κ1) is 12.7. The first-order valence-electron chi connectivity index (χ1n) is 5.17. The minimum Gasteiger partial charge on any atom is -0.460 e. The Bertz CT molecular complexity index is 585. The molecular formula is C11H9BrFN3O2. The number of hydrogen-bond donors (Lipinski definition) is 0. The smallest absolute Gasteiger partial charge is 0.378 e. The van der Waals surface area contributed by atoms with Crippen LogP contribution < -0.4 is 0 Å². The Hall–Kier alpha value is -1.76. The topological polar surface area (TPSA) is 57.0 Å². The molecule has 0 N–H and O–H groups in total. The fraction of sp³-hybridized carbons (Fsp3) is 0.182. The minimum absolute atomic E-state index is 0.0759. The van der Waals surface area contributed by atoms with E-state index in [2.05, 4.69) is 26.0 Å². The van der Waals surface area contributed by atoms with Gasteiger partial charge < -0.3 is 4.74 Å². The summed E-state index contributed by atoms with van der Waals surface area (Å²) in [5.41, 5.74) is 0.463. The van der Waals surface area contributed by atoms with Gasteiger partial charge in [-0.1, -0.05) is 6.07 Å². The Morgan fingerprint density at radius 3 is 3.00 bits per heavy atom. The average Bonchev–Trinajstić information content (AvgIpc) is 2.72. The van der Waals surface area contributed by atoms with E-state index in [0.29, 0.717) is 10.4 Å². The van der Waals surface area contributed by atoms with Crippen LogP contribution in [0.15, 0.2) is 29.0 Å². The van der Waals surface area contributed by atoms with Gasteiger partial charge in [-0.15, -0.1) is 5.10 Å². The summed E-state index contributed by atoms with van der Waals surface area (Å²) in [6.45, 7) is 1.93. The number of esters is 1. The van der Waals surface area contributed by atoms with Crippen LogP contribution >= 0.6 is 15.9 Å². The maximum atomic E-state index is 13.1. The number of benzene rings is 1. The van der Waals surface area contributed by atoms with Gasteiger partial charge >= 0.3 is 5.97 Å². The van der Waals surface area contributed by atoms with Gasteiger partial charge in [-0.3, -0.25) is 0 Å². The number of halogens is 2. The molecule has 1 aromatic carbocycles. The van der Waals surface area contributed by atoms with Gasteiger partial charge in [0.25, 0.3) is 5.82 Å². The molecule has 2 rings (SSSR count). The zero-order valence-electron chi connectivity index (χ0n) is 9.43. The van der Waals surface area contributed by atoms with E-state index in [1.165, 1.54) is 16.8 Å². The van der Waals surface area contributed by atoms with Crippen LogP contribution in [0.3, 0.4) is 0 Å². The standard InChI is InChI=1S/C11H9BrFN3O2/c1-2-18-10(17)9-14-11(12)16(15-9)8-5-3-4-7(13)6-8/h3-6H,2H2,1H3. The van der Waals surface area contributed by atoms with E-state index >= 15 is 0 Å². The number of nitrogens with zero attached hydrogens (tertiary/aromatic N) is 3. The van der Waals surface area contributed by atoms with Gasteiger partial charge in [-0.25, -0.2) is 13.9 Å². The van der Waals surface area contributed by atoms with Crippen molar-refractivity contribution in [2.24, 2.45) is 0 Å². The number of ether oxygens (including phenoxy) is 1. The van der Waals surface area contributed by atoms with Crippen LogP contribution in [0.5, 0.6) is 0 Å². The van der Waals surface area contributed by atoms with E-state index in [9.17, 15) is 9.18 Å². The lowest BCUT2D eigenvalue weighted by Gasteiger charge is -2.01. The lowest BCUT2D eigenvalue weighted by molar-refractivity contribution is 0.0512. The maximum Gasteiger partial charge on any atom is 0.378 e. The molecule has 0 saturated heterocycles. The van der Waals surface area contributed by atoms with Crippen molar-refractivity contribution in [1.29, 1.82) is 0 Å². The van der Waals surface area contributed by atoms with Gasteiger partial charge in [0.2, 0.25) is 4.73 Å². The fourth-order valence-corrected chi connectivity index (χ4v) is 1.80. The van der Waals surface area contributed by atoms with E-state index in [1.807, 2.05) is 0 Å². The Kier molecular flexibility index (Phi) is 3.71. The van der Waals surface area contributed by atoms with Gasteiger partial charge in [0.05, 0.1) is 12.3 Å². The average molecular weight is 314 g/mol. The number of carbonyl (C=O) groups excluding carboxylic acids is 1. The maximum absolute atomic E-state index is 13.1. The molecule has 0 atom stereocenters. The zero-order chi connectivity index (χ0) is 13.1. The molecule has 0 fully saturated rings. The molecule has 0 unspecified atom stereocenters. The first-order valence-corrected chi connectivity index (χ1v) is 5.96. The molecule has 0 aliphatic rings. The summed E-state index contributed by atoms with van der Waals surface area (Å²) in [7, 11) is 0. The molecule has 1 heterocycles. The van der Waals surface area contributed by atoms with Crippen LogP contribution in [-0.2, 0) is 4.74 Å². The van der Waals surface area contributed by atoms with Gasteiger partial charge in [0.1, 0.15) is 5.82 Å². The number of carbonyl (C=O) groups is 1. The normalized spacial score (nSPS) is 10.4. The summed E-state index contributed by atoms with van der Waals surface area (Å²) < 4.78 is 19.5. The molecule has 0 amide bonds. The largest absolute Gasteiger partial charge is 0.460 e. The van der Waals surface area contributed by atoms with Gasteiger partial charge in [0, 0.05) is 0 Å². The Morgan fingerprint density at radius 1 is 1.56 bits per heavy atom. The molecule has 2 aromatic rings. The third-order valence-electron chi connectivity index (χ3n) is 2.08. The van der Waals surface area contributed by atoms with Crippen LogP contribution in [0.2, 0.25) is 0 Å². The van der Waals surface area contributed by atoms with Crippen LogP contribution in [0, 0.1) is 5.82 Å². The highest BCUT2D eigenvalue weighted by Crippen LogP contribution is 2.16. The summed E-state index contributed by atoms with van der Waals surface area (Å²) in [6, 6.07) is 5.80. The Labute approximate surface area is 111 Å². The lowest BCUT2D eigenvalue weighted by atomic mass is 10.3. The third-order valence-corrected chi connectivity index (χ3v) is 2.59. The van der Waals surface area contributed by atoms with Gasteiger partial charge in [0.15, 0.2) is 0 Å². The van der Waals surface area contributed by atoms with Crippen molar-refractivity contribution in [2.45, 2.75) is 6.92 Å². The molecular weight excluding hydrogens is 305 g/mol. The Morgan fingerprint density at radius 2 is 2.33 bits per heavy atom. The van der Waals surface area contributed by atoms with E-state index < -0.39 is 11.8 Å². The van der Waals surface area contributed by atoms with Crippen molar-refractivity contribution in [3.05, 3.63) is 40.6 Å². The summed E-state index contributed by atoms with van der Waals surface area (Å²) in [5.74, 6) is -1.09. The highest BCUT2D eigenvalue weighted by atomic mass is 79.9. The molecule has 0 bridgehead atoms. The number of hydrogen-bond acceptors (Lipinski definition) is 4. The fourth-order valence-electron chi connectivity index (χ4n) is 1.35. The molecule has 18 heavy (non-hydrogen) atoms. The molecule has 0 saturated carbocycles. The number of rotatable bonds is 3. The summed E-state index contributed by atoms with van der Waals surface area (Å²) in [6.07, 6.45) is 0. The van der Waals surface area contributed by atoms with Crippen molar-refractivity contribution < 1.29 is 13.9 Å². The second kappa shape index (κ2) is 5.26. The van der Waals surface area contributed by atoms with Crippen molar-refractivity contribution in [3.8, 4) is 5.69 Å². The van der Waals surface area contributed by atoms with Crippen molar-refractivity contribution in [3.63, 3.8) is 0 Å². The van der Waals surface area contributed by atoms with Crippen LogP contribution in [0.25, 0.3) is 5.69 Å². The second-order valence-electron chi connectivity index (χ2n) is 3.32. The highest BCUT2D eigenvalue weighted by molar-refractivity contribution is 9.10. The molecule has 0 spiro atoms. The number of aromatic nitrogens is 3. The van der Waals surface area contributed by atoms with E-state index in [0.717, 1.165) is 0 Å². The van der Waals surface area contributed by atoms with Crippen molar-refractivity contribution >= 4 is 21.9 Å². The third kappa shape index (κ3) is 2.56. The monoisotopic (exact) mass is 313 g/mol. The predicted molar refractivity (Wildman–Crippen MR) is 65.0 cm³/mol. The summed E-state index contributed by atoms with van der Waals surface area (Å²) in [4.78, 5) is 15.4. The molecule has 0 radical (unpaired) electrons. The SMILES string of the molecule is CCOC(=O)c1nc(Br)n(-c2cccc(F)c2)n1. The van der Waals surface area contributed by atoms with Gasteiger partial charge in [-0.2, -0.15) is 4.98 Å². The molecule has 7 heteroatoms. The zero-order valence-corrected chi connectivity index (χ0v) is 11.0. The summed E-state index contributed by atoms with van der Waals surface area (Å²) in [5, 5.41) is 3.96. The van der Waals surface area contributed by atoms with Crippen molar-refractivity contribution in [2.75, 3.05) is 6.61 Å². The molecule has 0 aliphatic carbocycles. The van der Waals surface area contributed by atoms with E-state index in [-0.39, 0.29) is 12.4 Å². The molecule has 0 aliphatic heterocycles. The van der Waals surface area contributed by atoms with Gasteiger partial charge in [-0.05, 0) is 41.1 Å². The van der Waals surface area contributed by atoms with Crippen molar-refractivity contribution in [1.82, 2.24) is 14.8 Å². The molecule has 94 valence electrons. The Balaban J connectivity index is 2.38. The quantitative estimate of drug-likeness (QED) is 0.816. The van der Waals surface area contributed by atoms with Crippen LogP contribution in [-0.4, -0.2) is 27.3 Å². The van der Waals surface area contributed by atoms with E-state index in [4.69, 9.17) is 4.74 Å². The second-order valence-corrected chi connectivity index (χ2v) is 4.03. The van der Waals surface area contributed by atoms with Crippen LogP contribution in [0.1, 0.15) is 17.5 Å². The minimum atomic E-state index is -0.617. The first-order chi connectivity index (χ1) is 8.61. The molecule has 5 nitrogen and oxygen atoms in total. The van der Waals surface area contributed by atoms with Crippen LogP contribution in [0.4, 0.5) is 4.39 Å². The lowest BCUT2D eigenvalue weighted by Crippen LogP contribution is -2.07. The van der Waals surface area contributed by atoms with E-state index in [1.54, 1.807) is 19.1 Å².